The monoisotopic (exact) mass is 247 g/mol. The lowest BCUT2D eigenvalue weighted by molar-refractivity contribution is 0.0696. The largest absolute Gasteiger partial charge is 0.492 e. The molecular weight excluding hydrogens is 238 g/mol. The molecule has 0 bridgehead atoms. The van der Waals surface area contributed by atoms with E-state index in [1.807, 2.05) is 0 Å². The summed E-state index contributed by atoms with van der Waals surface area (Å²) >= 11 is 0. The van der Waals surface area contributed by atoms with Crippen molar-refractivity contribution in [2.75, 3.05) is 0 Å². The maximum Gasteiger partial charge on any atom is 0.335 e. The van der Waals surface area contributed by atoms with Crippen LogP contribution in [0.3, 0.4) is 0 Å². The number of benzene rings is 1. The minimum Gasteiger partial charge on any atom is -0.492 e. The molecule has 5 N–H and O–H groups in total. The molecule has 0 atom stereocenters. The Hall–Kier alpha value is -2.83. The predicted octanol–water partition coefficient (Wildman–Crippen LogP) is 0.579. The van der Waals surface area contributed by atoms with Crippen LogP contribution in [0.25, 0.3) is 11.4 Å². The first-order chi connectivity index (χ1) is 8.49. The second-order valence-electron chi connectivity index (χ2n) is 3.53. The van der Waals surface area contributed by atoms with Gasteiger partial charge in [0.15, 0.2) is 5.69 Å². The molecule has 0 radical (unpaired) electrons. The molecule has 7 nitrogen and oxygen atoms in total. The molecule has 0 saturated heterocycles. The summed E-state index contributed by atoms with van der Waals surface area (Å²) in [5.41, 5.74) is 5.30. The molecule has 0 spiro atoms. The number of imidazole rings is 1. The average molecular weight is 247 g/mol. The van der Waals surface area contributed by atoms with Crippen LogP contribution in [0.1, 0.15) is 20.8 Å². The van der Waals surface area contributed by atoms with Crippen LogP contribution in [0.5, 0.6) is 5.88 Å². The molecule has 2 aromatic rings. The number of nitrogens with one attached hydrogen (secondary N) is 1. The van der Waals surface area contributed by atoms with E-state index in [2.05, 4.69) is 9.97 Å². The number of aromatic carboxylic acids is 1. The number of H-pyrrole nitrogens is 1. The van der Waals surface area contributed by atoms with Crippen LogP contribution in [0, 0.1) is 0 Å². The fraction of sp³-hybridized carbons (Fsp3) is 0. The van der Waals surface area contributed by atoms with Crippen LogP contribution in [0.2, 0.25) is 0 Å². The molecule has 0 aliphatic carbocycles. The summed E-state index contributed by atoms with van der Waals surface area (Å²) in [5.74, 6) is -2.27. The van der Waals surface area contributed by atoms with Crippen LogP contribution in [-0.4, -0.2) is 32.1 Å². The summed E-state index contributed by atoms with van der Waals surface area (Å²) in [5, 5.41) is 18.2. The molecule has 0 unspecified atom stereocenters. The number of nitrogens with zero attached hydrogens (tertiary/aromatic N) is 1. The predicted molar refractivity (Wildman–Crippen MR) is 61.2 cm³/mol. The van der Waals surface area contributed by atoms with Crippen molar-refractivity contribution in [2.45, 2.75) is 0 Å². The number of carbonyl (C=O) groups is 2. The van der Waals surface area contributed by atoms with Gasteiger partial charge >= 0.3 is 5.97 Å². The van der Waals surface area contributed by atoms with Gasteiger partial charge in [-0.2, -0.15) is 4.98 Å². The fourth-order valence-electron chi connectivity index (χ4n) is 1.47. The Morgan fingerprint density at radius 3 is 2.61 bits per heavy atom. The van der Waals surface area contributed by atoms with Crippen molar-refractivity contribution in [1.82, 2.24) is 9.97 Å². The van der Waals surface area contributed by atoms with Crippen molar-refractivity contribution in [1.29, 1.82) is 0 Å². The maximum atomic E-state index is 10.9. The Kier molecular flexibility index (Phi) is 2.72. The summed E-state index contributed by atoms with van der Waals surface area (Å²) in [7, 11) is 0. The number of amides is 1. The highest BCUT2D eigenvalue weighted by molar-refractivity contribution is 5.94. The smallest absolute Gasteiger partial charge is 0.335 e. The number of carbonyl (C=O) groups excluding carboxylic acids is 1. The minimum absolute atomic E-state index is 0.0732. The van der Waals surface area contributed by atoms with Gasteiger partial charge in [0.2, 0.25) is 5.88 Å². The number of aromatic nitrogens is 2. The Bertz CT molecular complexity index is 633. The molecule has 92 valence electrons. The van der Waals surface area contributed by atoms with E-state index in [0.29, 0.717) is 5.56 Å². The number of carboxylic acids is 1. The molecule has 0 aliphatic heterocycles. The normalized spacial score (nSPS) is 10.2. The molecule has 1 heterocycles. The van der Waals surface area contributed by atoms with E-state index in [1.165, 1.54) is 18.2 Å². The lowest BCUT2D eigenvalue weighted by Crippen LogP contribution is -2.11. The van der Waals surface area contributed by atoms with Gasteiger partial charge in [0.1, 0.15) is 5.82 Å². The summed E-state index contributed by atoms with van der Waals surface area (Å²) in [6.07, 6.45) is 0. The number of aromatic hydroxyl groups is 1. The molecule has 0 saturated carbocycles. The third-order valence-electron chi connectivity index (χ3n) is 2.31. The van der Waals surface area contributed by atoms with Crippen LogP contribution in [0.4, 0.5) is 0 Å². The molecule has 2 rings (SSSR count). The summed E-state index contributed by atoms with van der Waals surface area (Å²) in [4.78, 5) is 28.0. The molecule has 1 aromatic heterocycles. The van der Waals surface area contributed by atoms with Crippen molar-refractivity contribution < 1.29 is 19.8 Å². The van der Waals surface area contributed by atoms with Crippen LogP contribution in [0.15, 0.2) is 24.3 Å². The Labute approximate surface area is 101 Å². The van der Waals surface area contributed by atoms with E-state index in [9.17, 15) is 14.7 Å². The van der Waals surface area contributed by atoms with E-state index in [1.54, 1.807) is 6.07 Å². The number of hydrogen-bond donors (Lipinski definition) is 4. The zero-order valence-corrected chi connectivity index (χ0v) is 9.04. The average Bonchev–Trinajstić information content (AvgIpc) is 2.71. The quantitative estimate of drug-likeness (QED) is 0.630. The zero-order valence-electron chi connectivity index (χ0n) is 9.04. The van der Waals surface area contributed by atoms with E-state index in [4.69, 9.17) is 10.8 Å². The molecule has 1 aromatic carbocycles. The molecule has 0 aliphatic rings. The molecule has 1 amide bonds. The second-order valence-corrected chi connectivity index (χ2v) is 3.53. The number of aromatic amines is 1. The highest BCUT2D eigenvalue weighted by Gasteiger charge is 2.15. The third kappa shape index (κ3) is 2.01. The number of rotatable bonds is 3. The number of hydrogen-bond acceptors (Lipinski definition) is 4. The lowest BCUT2D eigenvalue weighted by Gasteiger charge is -1.98. The maximum absolute atomic E-state index is 10.9. The molecular formula is C11H9N3O4. The summed E-state index contributed by atoms with van der Waals surface area (Å²) < 4.78 is 0. The van der Waals surface area contributed by atoms with Gasteiger partial charge < -0.3 is 20.9 Å². The number of primary amides is 1. The third-order valence-corrected chi connectivity index (χ3v) is 2.31. The molecule has 18 heavy (non-hydrogen) atoms. The van der Waals surface area contributed by atoms with Crippen molar-refractivity contribution in [3.05, 3.63) is 35.5 Å². The van der Waals surface area contributed by atoms with Gasteiger partial charge in [-0.25, -0.2) is 4.79 Å². The van der Waals surface area contributed by atoms with Crippen LogP contribution >= 0.6 is 0 Å². The van der Waals surface area contributed by atoms with E-state index < -0.39 is 17.8 Å². The highest BCUT2D eigenvalue weighted by atomic mass is 16.4. The first-order valence-electron chi connectivity index (χ1n) is 4.91. The fourth-order valence-corrected chi connectivity index (χ4v) is 1.47. The SMILES string of the molecule is NC(=O)c1[nH]c(-c2cccc(C(=O)O)c2)nc1O. The number of nitrogens with two attached hydrogens (primary N) is 1. The van der Waals surface area contributed by atoms with Gasteiger partial charge in [0.25, 0.3) is 5.91 Å². The van der Waals surface area contributed by atoms with E-state index in [-0.39, 0.29) is 17.1 Å². The first-order valence-corrected chi connectivity index (χ1v) is 4.91. The van der Waals surface area contributed by atoms with Gasteiger partial charge in [0, 0.05) is 5.56 Å². The van der Waals surface area contributed by atoms with Crippen molar-refractivity contribution in [2.24, 2.45) is 5.73 Å². The lowest BCUT2D eigenvalue weighted by atomic mass is 10.1. The number of carboxylic acid groups (broad SMARTS) is 1. The van der Waals surface area contributed by atoms with E-state index >= 15 is 0 Å². The Morgan fingerprint density at radius 2 is 2.06 bits per heavy atom. The van der Waals surface area contributed by atoms with Crippen molar-refractivity contribution >= 4 is 11.9 Å². The Balaban J connectivity index is 2.49. The highest BCUT2D eigenvalue weighted by Crippen LogP contribution is 2.22. The van der Waals surface area contributed by atoms with Gasteiger partial charge in [0.05, 0.1) is 5.56 Å². The summed E-state index contributed by atoms with van der Waals surface area (Å²) in [6.45, 7) is 0. The molecule has 7 heteroatoms. The topological polar surface area (TPSA) is 129 Å². The van der Waals surface area contributed by atoms with Crippen LogP contribution in [-0.2, 0) is 0 Å². The van der Waals surface area contributed by atoms with E-state index in [0.717, 1.165) is 0 Å². The van der Waals surface area contributed by atoms with Gasteiger partial charge in [-0.15, -0.1) is 0 Å². The van der Waals surface area contributed by atoms with Crippen molar-refractivity contribution in [3.8, 4) is 17.3 Å². The Morgan fingerprint density at radius 1 is 1.33 bits per heavy atom. The minimum atomic E-state index is -1.08. The zero-order chi connectivity index (χ0) is 13.3. The van der Waals surface area contributed by atoms with Gasteiger partial charge in [-0.05, 0) is 12.1 Å². The van der Waals surface area contributed by atoms with Crippen LogP contribution < -0.4 is 5.73 Å². The summed E-state index contributed by atoms with van der Waals surface area (Å²) in [6, 6.07) is 5.91. The second kappa shape index (κ2) is 4.21. The van der Waals surface area contributed by atoms with Crippen molar-refractivity contribution in [3.63, 3.8) is 0 Å². The first kappa shape index (κ1) is 11.6. The standard InChI is InChI=1S/C11H9N3O4/c12-8(15)7-10(16)14-9(13-7)5-2-1-3-6(4-5)11(17)18/h1-4,16H,(H2,12,15)(H,13,14)(H,17,18). The van der Waals surface area contributed by atoms with Gasteiger partial charge in [-0.3, -0.25) is 4.79 Å². The molecule has 0 fully saturated rings. The van der Waals surface area contributed by atoms with Gasteiger partial charge in [-0.1, -0.05) is 12.1 Å².